The van der Waals surface area contributed by atoms with E-state index in [0.717, 1.165) is 0 Å². The highest BCUT2D eigenvalue weighted by atomic mass is 16.6. The van der Waals surface area contributed by atoms with Crippen molar-refractivity contribution < 1.29 is 28.5 Å². The number of ether oxygens (including phenoxy) is 1. The first-order chi connectivity index (χ1) is 8.59. The summed E-state index contributed by atoms with van der Waals surface area (Å²) in [5.74, 6) is -2.41. The van der Waals surface area contributed by atoms with E-state index in [-0.39, 0.29) is 23.7 Å². The van der Waals surface area contributed by atoms with Crippen LogP contribution in [0.2, 0.25) is 0 Å². The summed E-state index contributed by atoms with van der Waals surface area (Å²) in [7, 11) is 0. The molecule has 0 saturated heterocycles. The Hall–Kier alpha value is -2.64. The van der Waals surface area contributed by atoms with E-state index in [0.29, 0.717) is 5.56 Å². The van der Waals surface area contributed by atoms with Gasteiger partial charge in [0, 0.05) is 5.56 Å². The number of carboxylic acids is 1. The molecule has 8 nitrogen and oxygen atoms in total. The van der Waals surface area contributed by atoms with Crippen molar-refractivity contribution in [3.63, 3.8) is 0 Å². The highest BCUT2D eigenvalue weighted by Crippen LogP contribution is 2.12. The molecule has 0 aliphatic heterocycles. The van der Waals surface area contributed by atoms with E-state index in [9.17, 15) is 9.59 Å². The lowest BCUT2D eigenvalue weighted by Gasteiger charge is -2.00. The molecule has 2 heterocycles. The average Bonchev–Trinajstić information content (AvgIpc) is 2.94. The van der Waals surface area contributed by atoms with Crippen molar-refractivity contribution in [1.29, 1.82) is 0 Å². The molecule has 0 spiro atoms. The van der Waals surface area contributed by atoms with Crippen molar-refractivity contribution in [1.82, 2.24) is 10.3 Å². The third kappa shape index (κ3) is 2.21. The van der Waals surface area contributed by atoms with Crippen molar-refractivity contribution >= 4 is 11.9 Å². The van der Waals surface area contributed by atoms with E-state index >= 15 is 0 Å². The molecule has 0 fully saturated rings. The number of aromatic carboxylic acids is 1. The number of carbonyl (C=O) groups excluding carboxylic acids is 1. The van der Waals surface area contributed by atoms with Gasteiger partial charge in [0.15, 0.2) is 0 Å². The summed E-state index contributed by atoms with van der Waals surface area (Å²) in [6, 6.07) is 0. The summed E-state index contributed by atoms with van der Waals surface area (Å²) in [5.41, 5.74) is 0.691. The summed E-state index contributed by atoms with van der Waals surface area (Å²) < 4.78 is 14.1. The van der Waals surface area contributed by atoms with Crippen molar-refractivity contribution in [2.75, 3.05) is 0 Å². The zero-order chi connectivity index (χ0) is 13.1. The maximum atomic E-state index is 11.5. The van der Waals surface area contributed by atoms with Crippen molar-refractivity contribution in [2.45, 2.75) is 13.5 Å². The quantitative estimate of drug-likeness (QED) is 0.802. The van der Waals surface area contributed by atoms with Crippen molar-refractivity contribution in [3.05, 3.63) is 35.0 Å². The maximum absolute atomic E-state index is 11.5. The normalized spacial score (nSPS) is 10.3. The standard InChI is InChI=1S/C10H8N2O6/c1-5-2-11-17-7(5)10(15)16-4-6-3-12-18-8(6)9(13)14/h2-3H,4H2,1H3,(H,13,14). The molecular weight excluding hydrogens is 244 g/mol. The highest BCUT2D eigenvalue weighted by molar-refractivity contribution is 5.88. The van der Waals surface area contributed by atoms with Crippen LogP contribution in [-0.2, 0) is 11.3 Å². The Balaban J connectivity index is 2.04. The first-order valence-corrected chi connectivity index (χ1v) is 4.85. The van der Waals surface area contributed by atoms with E-state index in [2.05, 4.69) is 14.8 Å². The Kier molecular flexibility index (Phi) is 3.09. The third-order valence-corrected chi connectivity index (χ3v) is 2.13. The second kappa shape index (κ2) is 4.70. The maximum Gasteiger partial charge on any atom is 0.377 e. The van der Waals surface area contributed by atoms with Crippen LogP contribution in [0.4, 0.5) is 0 Å². The number of aromatic nitrogens is 2. The van der Waals surface area contributed by atoms with Crippen LogP contribution in [0.5, 0.6) is 0 Å². The molecule has 0 radical (unpaired) electrons. The van der Waals surface area contributed by atoms with E-state index in [4.69, 9.17) is 14.4 Å². The van der Waals surface area contributed by atoms with Crippen molar-refractivity contribution in [3.8, 4) is 0 Å². The van der Waals surface area contributed by atoms with Gasteiger partial charge in [0.2, 0.25) is 5.76 Å². The summed E-state index contributed by atoms with van der Waals surface area (Å²) in [6.45, 7) is 1.36. The minimum absolute atomic E-state index is 0.0247. The fourth-order valence-electron chi connectivity index (χ4n) is 1.23. The minimum Gasteiger partial charge on any atom is -0.475 e. The summed E-state index contributed by atoms with van der Waals surface area (Å²) >= 11 is 0. The van der Waals surface area contributed by atoms with Gasteiger partial charge in [-0.2, -0.15) is 0 Å². The van der Waals surface area contributed by atoms with Gasteiger partial charge in [-0.25, -0.2) is 9.59 Å². The molecule has 0 aromatic carbocycles. The van der Waals surface area contributed by atoms with Gasteiger partial charge >= 0.3 is 11.9 Å². The van der Waals surface area contributed by atoms with E-state index in [1.54, 1.807) is 6.92 Å². The number of carbonyl (C=O) groups is 2. The number of hydrogen-bond donors (Lipinski definition) is 1. The lowest BCUT2D eigenvalue weighted by molar-refractivity contribution is 0.0415. The third-order valence-electron chi connectivity index (χ3n) is 2.13. The Labute approximate surface area is 100 Å². The molecule has 94 valence electrons. The Morgan fingerprint density at radius 3 is 2.56 bits per heavy atom. The highest BCUT2D eigenvalue weighted by Gasteiger charge is 2.20. The SMILES string of the molecule is Cc1cnoc1C(=O)OCc1cnoc1C(=O)O. The van der Waals surface area contributed by atoms with Gasteiger partial charge in [-0.05, 0) is 6.92 Å². The molecule has 2 rings (SSSR count). The number of esters is 1. The molecule has 0 atom stereocenters. The molecule has 0 unspecified atom stereocenters. The van der Waals surface area contributed by atoms with Crippen LogP contribution in [0, 0.1) is 6.92 Å². The van der Waals surface area contributed by atoms with E-state index < -0.39 is 11.9 Å². The van der Waals surface area contributed by atoms with Crippen LogP contribution in [0.15, 0.2) is 21.4 Å². The van der Waals surface area contributed by atoms with Gasteiger partial charge in [0.1, 0.15) is 6.61 Å². The van der Waals surface area contributed by atoms with Gasteiger partial charge in [-0.15, -0.1) is 0 Å². The molecule has 0 aliphatic carbocycles. The van der Waals surface area contributed by atoms with Crippen LogP contribution in [-0.4, -0.2) is 27.4 Å². The molecule has 0 amide bonds. The lowest BCUT2D eigenvalue weighted by Crippen LogP contribution is -2.07. The molecule has 18 heavy (non-hydrogen) atoms. The molecule has 8 heteroatoms. The van der Waals surface area contributed by atoms with E-state index in [1.807, 2.05) is 0 Å². The van der Waals surface area contributed by atoms with Crippen LogP contribution in [0.1, 0.15) is 32.2 Å². The smallest absolute Gasteiger partial charge is 0.377 e. The van der Waals surface area contributed by atoms with Crippen molar-refractivity contribution in [2.24, 2.45) is 0 Å². The molecule has 2 aromatic rings. The number of rotatable bonds is 4. The molecule has 2 aromatic heterocycles. The Morgan fingerprint density at radius 1 is 1.28 bits per heavy atom. The second-order valence-electron chi connectivity index (χ2n) is 3.40. The summed E-state index contributed by atoms with van der Waals surface area (Å²) in [4.78, 5) is 22.3. The molecule has 0 bridgehead atoms. The topological polar surface area (TPSA) is 116 Å². The van der Waals surface area contributed by atoms with Crippen LogP contribution in [0.3, 0.4) is 0 Å². The molecule has 1 N–H and O–H groups in total. The zero-order valence-corrected chi connectivity index (χ0v) is 9.24. The number of nitrogens with zero attached hydrogens (tertiary/aromatic N) is 2. The first-order valence-electron chi connectivity index (χ1n) is 4.85. The monoisotopic (exact) mass is 252 g/mol. The molecular formula is C10H8N2O6. The van der Waals surface area contributed by atoms with Gasteiger partial charge < -0.3 is 18.9 Å². The van der Waals surface area contributed by atoms with Gasteiger partial charge in [0.25, 0.3) is 5.76 Å². The van der Waals surface area contributed by atoms with Crippen LogP contribution < -0.4 is 0 Å². The number of hydrogen-bond acceptors (Lipinski definition) is 7. The average molecular weight is 252 g/mol. The number of carboxylic acid groups (broad SMARTS) is 1. The van der Waals surface area contributed by atoms with Crippen LogP contribution >= 0.6 is 0 Å². The van der Waals surface area contributed by atoms with Gasteiger partial charge in [-0.1, -0.05) is 10.3 Å². The summed E-state index contributed by atoms with van der Waals surface area (Å²) in [6.07, 6.45) is 2.54. The molecule has 0 saturated carbocycles. The van der Waals surface area contributed by atoms with Gasteiger partial charge in [0.05, 0.1) is 18.0 Å². The summed E-state index contributed by atoms with van der Waals surface area (Å²) in [5, 5.41) is 15.5. The number of aryl methyl sites for hydroxylation is 1. The fraction of sp³-hybridized carbons (Fsp3) is 0.200. The predicted octanol–water partition coefficient (Wildman–Crippen LogP) is 1.03. The Morgan fingerprint density at radius 2 is 1.94 bits per heavy atom. The first kappa shape index (κ1) is 11.8. The fourth-order valence-corrected chi connectivity index (χ4v) is 1.23. The zero-order valence-electron chi connectivity index (χ0n) is 9.24. The Bertz CT molecular complexity index is 585. The molecule has 0 aliphatic rings. The predicted molar refractivity (Wildman–Crippen MR) is 53.8 cm³/mol. The minimum atomic E-state index is -1.28. The van der Waals surface area contributed by atoms with Crippen LogP contribution in [0.25, 0.3) is 0 Å². The van der Waals surface area contributed by atoms with E-state index in [1.165, 1.54) is 12.4 Å². The van der Waals surface area contributed by atoms with Gasteiger partial charge in [-0.3, -0.25) is 0 Å². The largest absolute Gasteiger partial charge is 0.475 e. The lowest BCUT2D eigenvalue weighted by atomic mass is 10.2. The second-order valence-corrected chi connectivity index (χ2v) is 3.40.